The number of benzene rings is 1. The highest BCUT2D eigenvalue weighted by Gasteiger charge is 2.05. The molecule has 0 saturated carbocycles. The molecule has 0 atom stereocenters. The molecule has 21 heavy (non-hydrogen) atoms. The van der Waals surface area contributed by atoms with E-state index in [-0.39, 0.29) is 0 Å². The summed E-state index contributed by atoms with van der Waals surface area (Å²) in [4.78, 5) is 0. The summed E-state index contributed by atoms with van der Waals surface area (Å²) >= 11 is 0. The van der Waals surface area contributed by atoms with Gasteiger partial charge in [0.1, 0.15) is 23.9 Å². The lowest BCUT2D eigenvalue weighted by molar-refractivity contribution is 0.262. The summed E-state index contributed by atoms with van der Waals surface area (Å²) in [5, 5.41) is 3.37. The molecule has 2 aromatic rings. The number of hydrogen-bond acceptors (Lipinski definition) is 3. The SMILES string of the molecule is CCc1ccccc1OCc1ccc(CNCC(C)C)o1. The highest BCUT2D eigenvalue weighted by molar-refractivity contribution is 5.33. The topological polar surface area (TPSA) is 34.4 Å². The average Bonchev–Trinajstić information content (AvgIpc) is 2.93. The van der Waals surface area contributed by atoms with Crippen molar-refractivity contribution in [1.29, 1.82) is 0 Å². The van der Waals surface area contributed by atoms with Crippen molar-refractivity contribution >= 4 is 0 Å². The Morgan fingerprint density at radius 2 is 1.86 bits per heavy atom. The predicted octanol–water partition coefficient (Wildman–Crippen LogP) is 4.17. The summed E-state index contributed by atoms with van der Waals surface area (Å²) < 4.78 is 11.6. The molecule has 0 amide bonds. The zero-order valence-electron chi connectivity index (χ0n) is 13.2. The molecule has 0 bridgehead atoms. The molecule has 1 aromatic heterocycles. The van der Waals surface area contributed by atoms with Crippen molar-refractivity contribution in [2.75, 3.05) is 6.54 Å². The van der Waals surface area contributed by atoms with Gasteiger partial charge in [-0.2, -0.15) is 0 Å². The van der Waals surface area contributed by atoms with Crippen LogP contribution in [0.15, 0.2) is 40.8 Å². The molecule has 2 rings (SSSR count). The van der Waals surface area contributed by atoms with Gasteiger partial charge in [0, 0.05) is 0 Å². The number of ether oxygens (including phenoxy) is 1. The van der Waals surface area contributed by atoms with Gasteiger partial charge in [-0.15, -0.1) is 0 Å². The third-order valence-corrected chi connectivity index (χ3v) is 3.29. The van der Waals surface area contributed by atoms with Crippen LogP contribution in [0.5, 0.6) is 5.75 Å². The lowest BCUT2D eigenvalue weighted by Gasteiger charge is -2.08. The maximum absolute atomic E-state index is 5.86. The highest BCUT2D eigenvalue weighted by Crippen LogP contribution is 2.20. The van der Waals surface area contributed by atoms with Crippen molar-refractivity contribution in [1.82, 2.24) is 5.32 Å². The van der Waals surface area contributed by atoms with Gasteiger partial charge in [0.25, 0.3) is 0 Å². The number of nitrogens with one attached hydrogen (secondary N) is 1. The van der Waals surface area contributed by atoms with Crippen LogP contribution in [0, 0.1) is 5.92 Å². The highest BCUT2D eigenvalue weighted by atomic mass is 16.5. The molecule has 0 radical (unpaired) electrons. The number of rotatable bonds is 8. The van der Waals surface area contributed by atoms with Crippen LogP contribution in [0.2, 0.25) is 0 Å². The van der Waals surface area contributed by atoms with Crippen molar-refractivity contribution in [2.24, 2.45) is 5.92 Å². The Hall–Kier alpha value is -1.74. The largest absolute Gasteiger partial charge is 0.485 e. The second-order valence-corrected chi connectivity index (χ2v) is 5.64. The van der Waals surface area contributed by atoms with E-state index >= 15 is 0 Å². The first kappa shape index (κ1) is 15.6. The quantitative estimate of drug-likeness (QED) is 0.791. The lowest BCUT2D eigenvalue weighted by atomic mass is 10.1. The molecule has 3 nitrogen and oxygen atoms in total. The summed E-state index contributed by atoms with van der Waals surface area (Å²) in [5.41, 5.74) is 1.22. The van der Waals surface area contributed by atoms with Crippen LogP contribution < -0.4 is 10.1 Å². The lowest BCUT2D eigenvalue weighted by Crippen LogP contribution is -2.18. The third-order valence-electron chi connectivity index (χ3n) is 3.29. The standard InChI is InChI=1S/C18H25NO2/c1-4-15-7-5-6-8-18(15)20-13-17-10-9-16(21-17)12-19-11-14(2)3/h5-10,14,19H,4,11-13H2,1-3H3. The van der Waals surface area contributed by atoms with Gasteiger partial charge in [-0.05, 0) is 42.6 Å². The van der Waals surface area contributed by atoms with Gasteiger partial charge >= 0.3 is 0 Å². The fraction of sp³-hybridized carbons (Fsp3) is 0.444. The van der Waals surface area contributed by atoms with E-state index in [1.54, 1.807) is 0 Å². The van der Waals surface area contributed by atoms with Crippen LogP contribution in [-0.4, -0.2) is 6.54 Å². The molecular formula is C18H25NO2. The molecule has 0 aliphatic carbocycles. The molecule has 0 saturated heterocycles. The first-order valence-corrected chi connectivity index (χ1v) is 7.68. The summed E-state index contributed by atoms with van der Waals surface area (Å²) in [6, 6.07) is 12.1. The average molecular weight is 287 g/mol. The van der Waals surface area contributed by atoms with Gasteiger partial charge in [-0.1, -0.05) is 39.0 Å². The second kappa shape index (κ2) is 7.89. The summed E-state index contributed by atoms with van der Waals surface area (Å²) in [7, 11) is 0. The Bertz CT molecular complexity index is 546. The van der Waals surface area contributed by atoms with Crippen molar-refractivity contribution in [2.45, 2.75) is 40.3 Å². The third kappa shape index (κ3) is 4.94. The summed E-state index contributed by atoms with van der Waals surface area (Å²) in [6.07, 6.45) is 0.971. The van der Waals surface area contributed by atoms with Crippen molar-refractivity contribution < 1.29 is 9.15 Å². The minimum absolute atomic E-state index is 0.473. The van der Waals surface area contributed by atoms with Crippen LogP contribution in [0.25, 0.3) is 0 Å². The molecule has 114 valence electrons. The summed E-state index contributed by atoms with van der Waals surface area (Å²) in [6.45, 7) is 8.76. The van der Waals surface area contributed by atoms with Crippen molar-refractivity contribution in [3.05, 3.63) is 53.5 Å². The van der Waals surface area contributed by atoms with Crippen LogP contribution in [0.1, 0.15) is 37.9 Å². The van der Waals surface area contributed by atoms with Gasteiger partial charge in [-0.25, -0.2) is 0 Å². The van der Waals surface area contributed by atoms with Crippen LogP contribution >= 0.6 is 0 Å². The van der Waals surface area contributed by atoms with Gasteiger partial charge in [0.2, 0.25) is 0 Å². The smallest absolute Gasteiger partial charge is 0.146 e. The number of furan rings is 1. The molecule has 1 heterocycles. The van der Waals surface area contributed by atoms with E-state index in [2.05, 4.69) is 32.2 Å². The molecule has 0 aliphatic heterocycles. The maximum atomic E-state index is 5.86. The fourth-order valence-electron chi connectivity index (χ4n) is 2.16. The molecule has 0 unspecified atom stereocenters. The minimum atomic E-state index is 0.473. The fourth-order valence-corrected chi connectivity index (χ4v) is 2.16. The van der Waals surface area contributed by atoms with E-state index in [1.807, 2.05) is 30.3 Å². The molecule has 0 fully saturated rings. The molecule has 1 N–H and O–H groups in total. The van der Waals surface area contributed by atoms with Gasteiger partial charge in [0.15, 0.2) is 0 Å². The number of aryl methyl sites for hydroxylation is 1. The second-order valence-electron chi connectivity index (χ2n) is 5.64. The van der Waals surface area contributed by atoms with Crippen molar-refractivity contribution in [3.63, 3.8) is 0 Å². The number of para-hydroxylation sites is 1. The Balaban J connectivity index is 1.85. The van der Waals surface area contributed by atoms with Gasteiger partial charge in [-0.3, -0.25) is 0 Å². The zero-order valence-corrected chi connectivity index (χ0v) is 13.2. The summed E-state index contributed by atoms with van der Waals surface area (Å²) in [5.74, 6) is 3.41. The van der Waals surface area contributed by atoms with Crippen molar-refractivity contribution in [3.8, 4) is 5.75 Å². The molecule has 0 spiro atoms. The van der Waals surface area contributed by atoms with Crippen LogP contribution in [0.4, 0.5) is 0 Å². The Kier molecular flexibility index (Phi) is 5.88. The molecule has 3 heteroatoms. The molecular weight excluding hydrogens is 262 g/mol. The number of hydrogen-bond donors (Lipinski definition) is 1. The van der Waals surface area contributed by atoms with E-state index < -0.39 is 0 Å². The van der Waals surface area contributed by atoms with E-state index in [1.165, 1.54) is 5.56 Å². The van der Waals surface area contributed by atoms with Crippen LogP contribution in [-0.2, 0) is 19.6 Å². The van der Waals surface area contributed by atoms with Crippen LogP contribution in [0.3, 0.4) is 0 Å². The van der Waals surface area contributed by atoms with E-state index in [4.69, 9.17) is 9.15 Å². The maximum Gasteiger partial charge on any atom is 0.146 e. The Labute approximate surface area is 127 Å². The van der Waals surface area contributed by atoms with E-state index in [9.17, 15) is 0 Å². The van der Waals surface area contributed by atoms with Gasteiger partial charge < -0.3 is 14.5 Å². The zero-order chi connectivity index (χ0) is 15.1. The predicted molar refractivity (Wildman–Crippen MR) is 85.4 cm³/mol. The minimum Gasteiger partial charge on any atom is -0.485 e. The molecule has 1 aromatic carbocycles. The Morgan fingerprint density at radius 3 is 2.62 bits per heavy atom. The first-order valence-electron chi connectivity index (χ1n) is 7.68. The first-order chi connectivity index (χ1) is 10.2. The van der Waals surface area contributed by atoms with E-state index in [0.717, 1.165) is 36.8 Å². The monoisotopic (exact) mass is 287 g/mol. The molecule has 0 aliphatic rings. The normalized spacial score (nSPS) is 11.0. The Morgan fingerprint density at radius 1 is 1.10 bits per heavy atom. The van der Waals surface area contributed by atoms with E-state index in [0.29, 0.717) is 12.5 Å². The van der Waals surface area contributed by atoms with Gasteiger partial charge in [0.05, 0.1) is 6.54 Å².